The van der Waals surface area contributed by atoms with Gasteiger partial charge in [-0.05, 0) is 63.0 Å². The number of anilines is 1. The molecule has 3 heterocycles. The summed E-state index contributed by atoms with van der Waals surface area (Å²) in [4.78, 5) is 1.45. The van der Waals surface area contributed by atoms with Crippen LogP contribution in [0.4, 0.5) is 23.4 Å². The predicted octanol–water partition coefficient (Wildman–Crippen LogP) is 4.01. The summed E-state index contributed by atoms with van der Waals surface area (Å²) in [5, 5.41) is 15.9. The Morgan fingerprint density at radius 1 is 1.10 bits per heavy atom. The first-order valence-electron chi connectivity index (χ1n) is 9.83. The van der Waals surface area contributed by atoms with Crippen LogP contribution < -0.4 is 5.32 Å². The predicted molar refractivity (Wildman–Crippen MR) is 104 cm³/mol. The van der Waals surface area contributed by atoms with E-state index in [1.54, 1.807) is 30.3 Å². The SMILES string of the molecule is C[C@@H](Nc1ccc2nnc(-c3ccccc3F)n2n1)C1CCN(CC(F)(F)F)CC1. The van der Waals surface area contributed by atoms with E-state index in [-0.39, 0.29) is 12.0 Å². The lowest BCUT2D eigenvalue weighted by Crippen LogP contribution is -2.43. The summed E-state index contributed by atoms with van der Waals surface area (Å²) in [6.45, 7) is 1.99. The van der Waals surface area contributed by atoms with Gasteiger partial charge >= 0.3 is 6.18 Å². The van der Waals surface area contributed by atoms with Crippen LogP contribution in [-0.2, 0) is 0 Å². The van der Waals surface area contributed by atoms with E-state index >= 15 is 0 Å². The fraction of sp³-hybridized carbons (Fsp3) is 0.450. The first kappa shape index (κ1) is 20.5. The van der Waals surface area contributed by atoms with E-state index < -0.39 is 18.5 Å². The molecule has 0 bridgehead atoms. The topological polar surface area (TPSA) is 58.4 Å². The Bertz CT molecular complexity index is 1010. The molecule has 0 unspecified atom stereocenters. The minimum atomic E-state index is -4.16. The molecular weight excluding hydrogens is 400 g/mol. The van der Waals surface area contributed by atoms with Crippen molar-refractivity contribution in [3.8, 4) is 11.4 Å². The maximum Gasteiger partial charge on any atom is 0.401 e. The first-order chi connectivity index (χ1) is 14.3. The first-order valence-corrected chi connectivity index (χ1v) is 9.83. The van der Waals surface area contributed by atoms with Crippen LogP contribution in [0.5, 0.6) is 0 Å². The number of likely N-dealkylation sites (tertiary alicyclic amines) is 1. The van der Waals surface area contributed by atoms with Gasteiger partial charge in [-0.1, -0.05) is 12.1 Å². The zero-order valence-electron chi connectivity index (χ0n) is 16.4. The van der Waals surface area contributed by atoms with Crippen molar-refractivity contribution in [2.75, 3.05) is 25.0 Å². The van der Waals surface area contributed by atoms with E-state index in [0.717, 1.165) is 0 Å². The molecule has 160 valence electrons. The van der Waals surface area contributed by atoms with Crippen LogP contribution in [0.3, 0.4) is 0 Å². The molecule has 0 spiro atoms. The van der Waals surface area contributed by atoms with Crippen LogP contribution in [-0.4, -0.2) is 56.6 Å². The Morgan fingerprint density at radius 3 is 2.53 bits per heavy atom. The largest absolute Gasteiger partial charge is 0.401 e. The number of piperidine rings is 1. The minimum Gasteiger partial charge on any atom is -0.366 e. The Balaban J connectivity index is 1.46. The van der Waals surface area contributed by atoms with Crippen molar-refractivity contribution in [2.24, 2.45) is 5.92 Å². The third kappa shape index (κ3) is 4.53. The number of aromatic nitrogens is 4. The number of rotatable bonds is 5. The highest BCUT2D eigenvalue weighted by molar-refractivity contribution is 5.60. The van der Waals surface area contributed by atoms with E-state index in [0.29, 0.717) is 48.8 Å². The van der Waals surface area contributed by atoms with Gasteiger partial charge in [-0.2, -0.15) is 17.7 Å². The molecule has 3 aromatic rings. The van der Waals surface area contributed by atoms with Crippen molar-refractivity contribution in [1.82, 2.24) is 24.7 Å². The molecule has 6 nitrogen and oxygen atoms in total. The maximum absolute atomic E-state index is 14.2. The summed E-state index contributed by atoms with van der Waals surface area (Å²) in [5.41, 5.74) is 0.798. The Hall–Kier alpha value is -2.75. The zero-order chi connectivity index (χ0) is 21.3. The molecule has 1 saturated heterocycles. The van der Waals surface area contributed by atoms with Gasteiger partial charge in [0, 0.05) is 6.04 Å². The van der Waals surface area contributed by atoms with E-state index in [4.69, 9.17) is 0 Å². The highest BCUT2D eigenvalue weighted by Crippen LogP contribution is 2.26. The number of alkyl halides is 3. The van der Waals surface area contributed by atoms with Gasteiger partial charge in [-0.15, -0.1) is 15.3 Å². The zero-order valence-corrected chi connectivity index (χ0v) is 16.4. The smallest absolute Gasteiger partial charge is 0.366 e. The molecule has 1 N–H and O–H groups in total. The lowest BCUT2D eigenvalue weighted by atomic mass is 9.90. The van der Waals surface area contributed by atoms with E-state index in [1.807, 2.05) is 6.92 Å². The minimum absolute atomic E-state index is 0.0244. The average Bonchev–Trinajstić information content (AvgIpc) is 3.11. The van der Waals surface area contributed by atoms with Crippen molar-refractivity contribution in [3.63, 3.8) is 0 Å². The number of nitrogens with zero attached hydrogens (tertiary/aromatic N) is 5. The van der Waals surface area contributed by atoms with Crippen LogP contribution in [0.1, 0.15) is 19.8 Å². The summed E-state index contributed by atoms with van der Waals surface area (Å²) in [6, 6.07) is 9.82. The quantitative estimate of drug-likeness (QED) is 0.630. The fourth-order valence-electron chi connectivity index (χ4n) is 3.89. The summed E-state index contributed by atoms with van der Waals surface area (Å²) in [5.74, 6) is 0.704. The second kappa shape index (κ2) is 8.17. The molecule has 1 atom stereocenters. The second-order valence-corrected chi connectivity index (χ2v) is 7.65. The van der Waals surface area contributed by atoms with E-state index in [9.17, 15) is 17.6 Å². The molecule has 0 amide bonds. The van der Waals surface area contributed by atoms with Crippen molar-refractivity contribution in [1.29, 1.82) is 0 Å². The molecule has 0 aliphatic carbocycles. The third-order valence-electron chi connectivity index (χ3n) is 5.50. The maximum atomic E-state index is 14.2. The number of hydrogen-bond acceptors (Lipinski definition) is 5. The molecule has 1 aromatic carbocycles. The Morgan fingerprint density at radius 2 is 1.83 bits per heavy atom. The average molecular weight is 422 g/mol. The van der Waals surface area contributed by atoms with Gasteiger partial charge in [-0.3, -0.25) is 4.90 Å². The molecule has 30 heavy (non-hydrogen) atoms. The summed E-state index contributed by atoms with van der Waals surface area (Å²) < 4.78 is 53.4. The monoisotopic (exact) mass is 422 g/mol. The number of nitrogens with one attached hydrogen (secondary N) is 1. The summed E-state index contributed by atoms with van der Waals surface area (Å²) >= 11 is 0. The standard InChI is InChI=1S/C20H22F4N6/c1-13(14-8-10-29(11-9-14)12-20(22,23)24)25-17-6-7-18-26-27-19(30(18)28-17)15-4-2-3-5-16(15)21/h2-7,13-14H,8-12H2,1H3,(H,25,28)/t13-/m1/s1. The Labute approximate surface area is 170 Å². The lowest BCUT2D eigenvalue weighted by Gasteiger charge is -2.35. The summed E-state index contributed by atoms with van der Waals surface area (Å²) in [7, 11) is 0. The highest BCUT2D eigenvalue weighted by Gasteiger charge is 2.33. The molecule has 0 saturated carbocycles. The van der Waals surface area contributed by atoms with Crippen LogP contribution in [0.25, 0.3) is 17.0 Å². The van der Waals surface area contributed by atoms with Gasteiger partial charge in [-0.25, -0.2) is 4.39 Å². The van der Waals surface area contributed by atoms with Gasteiger partial charge in [0.15, 0.2) is 11.5 Å². The van der Waals surface area contributed by atoms with E-state index in [2.05, 4.69) is 20.6 Å². The van der Waals surface area contributed by atoms with Crippen molar-refractivity contribution in [3.05, 3.63) is 42.2 Å². The lowest BCUT2D eigenvalue weighted by molar-refractivity contribution is -0.148. The summed E-state index contributed by atoms with van der Waals surface area (Å²) in [6.07, 6.45) is -2.80. The van der Waals surface area contributed by atoms with Crippen LogP contribution in [0, 0.1) is 11.7 Å². The van der Waals surface area contributed by atoms with Gasteiger partial charge in [0.25, 0.3) is 0 Å². The molecule has 1 fully saturated rings. The Kier molecular flexibility index (Phi) is 5.59. The number of fused-ring (bicyclic) bond motifs is 1. The molecule has 0 radical (unpaired) electrons. The van der Waals surface area contributed by atoms with Gasteiger partial charge in [0.1, 0.15) is 11.6 Å². The molecule has 1 aliphatic heterocycles. The van der Waals surface area contributed by atoms with Crippen LogP contribution >= 0.6 is 0 Å². The van der Waals surface area contributed by atoms with Gasteiger partial charge in [0.05, 0.1) is 12.1 Å². The van der Waals surface area contributed by atoms with Crippen LogP contribution in [0.2, 0.25) is 0 Å². The molecule has 4 rings (SSSR count). The molecule has 10 heteroatoms. The number of benzene rings is 1. The third-order valence-corrected chi connectivity index (χ3v) is 5.50. The van der Waals surface area contributed by atoms with Crippen molar-refractivity contribution in [2.45, 2.75) is 32.0 Å². The molecule has 2 aromatic heterocycles. The number of hydrogen-bond donors (Lipinski definition) is 1. The number of halogens is 4. The second-order valence-electron chi connectivity index (χ2n) is 7.65. The van der Waals surface area contributed by atoms with E-state index in [1.165, 1.54) is 15.5 Å². The normalized spacial score (nSPS) is 17.4. The van der Waals surface area contributed by atoms with Gasteiger partial charge < -0.3 is 5.32 Å². The molecular formula is C20H22F4N6. The highest BCUT2D eigenvalue weighted by atomic mass is 19.4. The van der Waals surface area contributed by atoms with Gasteiger partial charge in [0.2, 0.25) is 0 Å². The molecule has 1 aliphatic rings. The van der Waals surface area contributed by atoms with Crippen LogP contribution in [0.15, 0.2) is 36.4 Å². The van der Waals surface area contributed by atoms with Crippen molar-refractivity contribution < 1.29 is 17.6 Å². The van der Waals surface area contributed by atoms with Crippen molar-refractivity contribution >= 4 is 11.5 Å². The fourth-order valence-corrected chi connectivity index (χ4v) is 3.89.